The van der Waals surface area contributed by atoms with E-state index >= 15 is 0 Å². The van der Waals surface area contributed by atoms with Crippen molar-refractivity contribution in [1.29, 1.82) is 0 Å². The van der Waals surface area contributed by atoms with Gasteiger partial charge < -0.3 is 0 Å². The van der Waals surface area contributed by atoms with Crippen LogP contribution in [0.4, 0.5) is 0 Å². The van der Waals surface area contributed by atoms with Crippen LogP contribution >= 0.6 is 50.1 Å². The second kappa shape index (κ2) is 4.85. The molecule has 0 amide bonds. The molecular formula is C12H7BrClI. The van der Waals surface area contributed by atoms with Crippen LogP contribution in [0.1, 0.15) is 0 Å². The van der Waals surface area contributed by atoms with E-state index in [1.54, 1.807) is 0 Å². The minimum atomic E-state index is 0.778. The van der Waals surface area contributed by atoms with Gasteiger partial charge in [0.05, 0.1) is 0 Å². The van der Waals surface area contributed by atoms with E-state index in [0.717, 1.165) is 20.6 Å². The Kier molecular flexibility index (Phi) is 3.69. The van der Waals surface area contributed by atoms with Crippen LogP contribution in [0.3, 0.4) is 0 Å². The van der Waals surface area contributed by atoms with E-state index in [4.69, 9.17) is 11.6 Å². The largest absolute Gasteiger partial charge is 0.0837 e. The van der Waals surface area contributed by atoms with Gasteiger partial charge in [-0.1, -0.05) is 39.7 Å². The van der Waals surface area contributed by atoms with E-state index in [2.05, 4.69) is 56.7 Å². The third-order valence-electron chi connectivity index (χ3n) is 2.06. The van der Waals surface area contributed by atoms with Crippen molar-refractivity contribution in [2.75, 3.05) is 0 Å². The molecule has 0 fully saturated rings. The summed E-state index contributed by atoms with van der Waals surface area (Å²) in [6.07, 6.45) is 0. The average Bonchev–Trinajstić information content (AvgIpc) is 2.22. The van der Waals surface area contributed by atoms with Gasteiger partial charge in [-0.25, -0.2) is 0 Å². The lowest BCUT2D eigenvalue weighted by Gasteiger charge is -2.05. The Morgan fingerprint density at radius 1 is 1.07 bits per heavy atom. The first kappa shape index (κ1) is 11.4. The van der Waals surface area contributed by atoms with Gasteiger partial charge in [0.25, 0.3) is 0 Å². The van der Waals surface area contributed by atoms with Crippen LogP contribution in [-0.4, -0.2) is 0 Å². The molecule has 0 aliphatic rings. The average molecular weight is 393 g/mol. The summed E-state index contributed by atoms with van der Waals surface area (Å²) in [6.45, 7) is 0. The molecule has 0 heterocycles. The van der Waals surface area contributed by atoms with E-state index in [1.165, 1.54) is 3.57 Å². The molecule has 0 aliphatic heterocycles. The van der Waals surface area contributed by atoms with Crippen molar-refractivity contribution in [3.8, 4) is 11.1 Å². The molecule has 0 unspecified atom stereocenters. The molecule has 0 N–H and O–H groups in total. The molecule has 15 heavy (non-hydrogen) atoms. The first-order chi connectivity index (χ1) is 7.16. The molecule has 0 aromatic heterocycles. The van der Waals surface area contributed by atoms with Crippen molar-refractivity contribution in [3.05, 3.63) is 55.5 Å². The van der Waals surface area contributed by atoms with E-state index in [-0.39, 0.29) is 0 Å². The first-order valence-corrected chi connectivity index (χ1v) is 6.63. The SMILES string of the molecule is Clc1ccc(Br)cc1-c1cccc(I)c1. The van der Waals surface area contributed by atoms with Crippen molar-refractivity contribution in [2.24, 2.45) is 0 Å². The van der Waals surface area contributed by atoms with Crippen molar-refractivity contribution in [3.63, 3.8) is 0 Å². The predicted octanol–water partition coefficient (Wildman–Crippen LogP) is 5.37. The molecule has 0 aliphatic carbocycles. The normalized spacial score (nSPS) is 10.3. The lowest BCUT2D eigenvalue weighted by molar-refractivity contribution is 1.57. The van der Waals surface area contributed by atoms with Crippen LogP contribution < -0.4 is 0 Å². The monoisotopic (exact) mass is 392 g/mol. The lowest BCUT2D eigenvalue weighted by Crippen LogP contribution is -1.81. The number of halogens is 3. The van der Waals surface area contributed by atoms with E-state index in [1.807, 2.05) is 24.3 Å². The molecule has 0 bridgehead atoms. The highest BCUT2D eigenvalue weighted by Gasteiger charge is 2.04. The molecule has 0 saturated heterocycles. The van der Waals surface area contributed by atoms with Gasteiger partial charge in [0, 0.05) is 18.6 Å². The zero-order valence-corrected chi connectivity index (χ0v) is 12.2. The van der Waals surface area contributed by atoms with Gasteiger partial charge in [0.15, 0.2) is 0 Å². The van der Waals surface area contributed by atoms with E-state index in [0.29, 0.717) is 0 Å². The topological polar surface area (TPSA) is 0 Å². The van der Waals surface area contributed by atoms with Crippen LogP contribution in [0, 0.1) is 3.57 Å². The zero-order valence-electron chi connectivity index (χ0n) is 7.68. The number of rotatable bonds is 1. The van der Waals surface area contributed by atoms with Crippen LogP contribution in [0.15, 0.2) is 46.9 Å². The van der Waals surface area contributed by atoms with Crippen molar-refractivity contribution in [1.82, 2.24) is 0 Å². The minimum Gasteiger partial charge on any atom is -0.0837 e. The molecule has 0 nitrogen and oxygen atoms in total. The molecule has 0 atom stereocenters. The quantitative estimate of drug-likeness (QED) is 0.571. The summed E-state index contributed by atoms with van der Waals surface area (Å²) in [5, 5.41) is 0.778. The summed E-state index contributed by atoms with van der Waals surface area (Å²) >= 11 is 11.9. The van der Waals surface area contributed by atoms with Gasteiger partial charge in [-0.15, -0.1) is 0 Å². The van der Waals surface area contributed by atoms with Gasteiger partial charge >= 0.3 is 0 Å². The molecule has 0 spiro atoms. The van der Waals surface area contributed by atoms with E-state index in [9.17, 15) is 0 Å². The fraction of sp³-hybridized carbons (Fsp3) is 0. The number of hydrogen-bond acceptors (Lipinski definition) is 0. The van der Waals surface area contributed by atoms with Crippen LogP contribution in [0.25, 0.3) is 11.1 Å². The van der Waals surface area contributed by atoms with Crippen LogP contribution in [0.2, 0.25) is 5.02 Å². The molecule has 2 rings (SSSR count). The molecule has 76 valence electrons. The standard InChI is InChI=1S/C12H7BrClI/c13-9-4-5-12(14)11(7-9)8-2-1-3-10(15)6-8/h1-7H. The Bertz CT molecular complexity index is 497. The van der Waals surface area contributed by atoms with Gasteiger partial charge in [-0.3, -0.25) is 0 Å². The first-order valence-electron chi connectivity index (χ1n) is 4.38. The van der Waals surface area contributed by atoms with Gasteiger partial charge in [0.1, 0.15) is 0 Å². The highest BCUT2D eigenvalue weighted by molar-refractivity contribution is 14.1. The van der Waals surface area contributed by atoms with Crippen molar-refractivity contribution >= 4 is 50.1 Å². The van der Waals surface area contributed by atoms with Crippen LogP contribution in [0.5, 0.6) is 0 Å². The van der Waals surface area contributed by atoms with Gasteiger partial charge in [-0.2, -0.15) is 0 Å². The lowest BCUT2D eigenvalue weighted by atomic mass is 10.1. The number of hydrogen-bond donors (Lipinski definition) is 0. The Morgan fingerprint density at radius 3 is 2.60 bits per heavy atom. The summed E-state index contributed by atoms with van der Waals surface area (Å²) in [5.41, 5.74) is 2.21. The highest BCUT2D eigenvalue weighted by atomic mass is 127. The van der Waals surface area contributed by atoms with Crippen molar-refractivity contribution < 1.29 is 0 Å². The smallest absolute Gasteiger partial charge is 0.0485 e. The van der Waals surface area contributed by atoms with Gasteiger partial charge in [0.2, 0.25) is 0 Å². The summed E-state index contributed by atoms with van der Waals surface area (Å²) in [4.78, 5) is 0. The third kappa shape index (κ3) is 2.74. The van der Waals surface area contributed by atoms with Gasteiger partial charge in [-0.05, 0) is 58.5 Å². The molecule has 3 heteroatoms. The molecule has 0 radical (unpaired) electrons. The fourth-order valence-electron chi connectivity index (χ4n) is 1.37. The maximum atomic E-state index is 6.16. The Hall–Kier alpha value is -0.0600. The summed E-state index contributed by atoms with van der Waals surface area (Å²) in [5.74, 6) is 0. The Balaban J connectivity index is 2.58. The molecule has 0 saturated carbocycles. The summed E-state index contributed by atoms with van der Waals surface area (Å²) in [6, 6.07) is 14.2. The minimum absolute atomic E-state index is 0.778. The predicted molar refractivity (Wildman–Crippen MR) is 77.3 cm³/mol. The fourth-order valence-corrected chi connectivity index (χ4v) is 2.51. The molecule has 2 aromatic carbocycles. The molecular weight excluding hydrogens is 386 g/mol. The summed E-state index contributed by atoms with van der Waals surface area (Å²) in [7, 11) is 0. The van der Waals surface area contributed by atoms with Crippen LogP contribution in [-0.2, 0) is 0 Å². The number of benzene rings is 2. The van der Waals surface area contributed by atoms with Crippen molar-refractivity contribution in [2.45, 2.75) is 0 Å². The maximum absolute atomic E-state index is 6.16. The zero-order chi connectivity index (χ0) is 10.8. The second-order valence-electron chi connectivity index (χ2n) is 3.13. The van der Waals surface area contributed by atoms with E-state index < -0.39 is 0 Å². The maximum Gasteiger partial charge on any atom is 0.0485 e. The third-order valence-corrected chi connectivity index (χ3v) is 3.56. The Labute approximate surface area is 116 Å². The molecule has 2 aromatic rings. The highest BCUT2D eigenvalue weighted by Crippen LogP contribution is 2.31. The summed E-state index contributed by atoms with van der Waals surface area (Å²) < 4.78 is 2.25. The second-order valence-corrected chi connectivity index (χ2v) is 5.70. The Morgan fingerprint density at radius 2 is 1.87 bits per heavy atom.